The number of nitrogens with two attached hydrogens (primary N) is 1. The van der Waals surface area contributed by atoms with Crippen molar-refractivity contribution in [3.05, 3.63) is 42.1 Å². The summed E-state index contributed by atoms with van der Waals surface area (Å²) in [5, 5.41) is 5.85. The maximum atomic E-state index is 13.7. The summed E-state index contributed by atoms with van der Waals surface area (Å²) in [4.78, 5) is 24.5. The number of fused-ring (bicyclic) bond motifs is 1. The number of carbonyl (C=O) groups excluding carboxylic acids is 1. The molecule has 2 aromatic heterocycles. The number of benzene rings is 1. The summed E-state index contributed by atoms with van der Waals surface area (Å²) >= 11 is 0. The third kappa shape index (κ3) is 4.43. The molecule has 0 spiro atoms. The van der Waals surface area contributed by atoms with Gasteiger partial charge in [-0.2, -0.15) is 4.98 Å². The van der Waals surface area contributed by atoms with Crippen LogP contribution in [0.15, 0.2) is 30.5 Å². The van der Waals surface area contributed by atoms with Crippen molar-refractivity contribution in [2.75, 3.05) is 11.1 Å². The number of nitrogens with one attached hydrogen (secondary N) is 2. The van der Waals surface area contributed by atoms with Gasteiger partial charge in [-0.05, 0) is 44.5 Å². The largest absolute Gasteiger partial charge is 0.368 e. The molecule has 9 heteroatoms. The lowest BCUT2D eigenvalue weighted by atomic mass is 10.0. The molecule has 3 rings (SSSR count). The Morgan fingerprint density at radius 3 is 2.37 bits per heavy atom. The van der Waals surface area contributed by atoms with E-state index in [0.29, 0.717) is 10.9 Å². The molecule has 3 aromatic rings. The van der Waals surface area contributed by atoms with Crippen molar-refractivity contribution < 1.29 is 13.6 Å². The van der Waals surface area contributed by atoms with Gasteiger partial charge in [0.15, 0.2) is 5.65 Å². The molecule has 27 heavy (non-hydrogen) atoms. The van der Waals surface area contributed by atoms with Gasteiger partial charge in [0.25, 0.3) is 0 Å². The minimum atomic E-state index is -0.747. The van der Waals surface area contributed by atoms with Crippen LogP contribution in [0.25, 0.3) is 22.2 Å². The number of halogens is 2. The molecule has 0 bridgehead atoms. The fourth-order valence-electron chi connectivity index (χ4n) is 2.48. The minimum Gasteiger partial charge on any atom is -0.368 e. The molecule has 0 fully saturated rings. The molecular weight excluding hydrogens is 354 g/mol. The number of nitrogen functional groups attached to an aromatic ring is 1. The van der Waals surface area contributed by atoms with Gasteiger partial charge in [-0.15, -0.1) is 0 Å². The second-order valence-corrected chi connectivity index (χ2v) is 7.01. The fourth-order valence-corrected chi connectivity index (χ4v) is 2.48. The Hall–Kier alpha value is -3.36. The maximum absolute atomic E-state index is 13.7. The topological polar surface area (TPSA) is 106 Å². The Kier molecular flexibility index (Phi) is 4.61. The van der Waals surface area contributed by atoms with Crippen LogP contribution in [0.2, 0.25) is 0 Å². The van der Waals surface area contributed by atoms with E-state index in [1.54, 1.807) is 6.07 Å². The summed E-state index contributed by atoms with van der Waals surface area (Å²) < 4.78 is 27.4. The summed E-state index contributed by atoms with van der Waals surface area (Å²) in [5.41, 5.74) is 5.87. The van der Waals surface area contributed by atoms with Crippen LogP contribution in [-0.2, 0) is 0 Å². The lowest BCUT2D eigenvalue weighted by molar-refractivity contribution is 0.243. The lowest BCUT2D eigenvalue weighted by Crippen LogP contribution is -2.43. The third-order valence-electron chi connectivity index (χ3n) is 3.48. The number of aromatic nitrogens is 3. The van der Waals surface area contributed by atoms with Gasteiger partial charge in [0, 0.05) is 28.8 Å². The average molecular weight is 372 g/mol. The Labute approximate surface area is 154 Å². The summed E-state index contributed by atoms with van der Waals surface area (Å²) in [6.07, 6.45) is 1.45. The summed E-state index contributed by atoms with van der Waals surface area (Å²) in [7, 11) is 0. The standard InChI is InChI=1S/C18H18F2N6O/c1-18(2,3)26-17(27)25-15-13(9-4-11(19)7-12(20)5-9)6-10-8-22-16(21)24-14(10)23-15/h4-8H,1-3H3,(H4,21,22,23,24,25,26,27). The first-order valence-electron chi connectivity index (χ1n) is 8.10. The van der Waals surface area contributed by atoms with Crippen LogP contribution < -0.4 is 16.4 Å². The van der Waals surface area contributed by atoms with Crippen molar-refractivity contribution in [1.82, 2.24) is 20.3 Å². The van der Waals surface area contributed by atoms with Gasteiger partial charge in [0.05, 0.1) is 0 Å². The van der Waals surface area contributed by atoms with E-state index in [1.807, 2.05) is 20.8 Å². The van der Waals surface area contributed by atoms with Gasteiger partial charge in [-0.1, -0.05) is 0 Å². The van der Waals surface area contributed by atoms with Gasteiger partial charge in [-0.3, -0.25) is 5.32 Å². The Balaban J connectivity index is 2.14. The smallest absolute Gasteiger partial charge is 0.320 e. The van der Waals surface area contributed by atoms with Crippen molar-refractivity contribution in [2.45, 2.75) is 26.3 Å². The van der Waals surface area contributed by atoms with Gasteiger partial charge >= 0.3 is 6.03 Å². The summed E-state index contributed by atoms with van der Waals surface area (Å²) in [6.45, 7) is 5.45. The van der Waals surface area contributed by atoms with E-state index in [1.165, 1.54) is 6.20 Å². The number of nitrogens with zero attached hydrogens (tertiary/aromatic N) is 3. The molecule has 0 radical (unpaired) electrons. The molecule has 0 saturated carbocycles. The minimum absolute atomic E-state index is 0.0182. The quantitative estimate of drug-likeness (QED) is 0.639. The van der Waals surface area contributed by atoms with Crippen LogP contribution in [0.1, 0.15) is 20.8 Å². The number of anilines is 2. The Bertz CT molecular complexity index is 1010. The fraction of sp³-hybridized carbons (Fsp3) is 0.222. The molecule has 140 valence electrons. The Morgan fingerprint density at radius 2 is 1.74 bits per heavy atom. The SMILES string of the molecule is CC(C)(C)NC(=O)Nc1nc2nc(N)ncc2cc1-c1cc(F)cc(F)c1. The first-order valence-corrected chi connectivity index (χ1v) is 8.10. The zero-order chi connectivity index (χ0) is 19.8. The van der Waals surface area contributed by atoms with Crippen LogP contribution in [0.5, 0.6) is 0 Å². The normalized spacial score (nSPS) is 11.4. The highest BCUT2D eigenvalue weighted by atomic mass is 19.1. The number of amides is 2. The molecule has 2 amide bonds. The van der Waals surface area contributed by atoms with E-state index in [9.17, 15) is 13.6 Å². The maximum Gasteiger partial charge on any atom is 0.320 e. The van der Waals surface area contributed by atoms with Crippen LogP contribution >= 0.6 is 0 Å². The molecule has 0 saturated heterocycles. The zero-order valence-electron chi connectivity index (χ0n) is 15.0. The number of urea groups is 1. The van der Waals surface area contributed by atoms with Crippen molar-refractivity contribution >= 4 is 28.8 Å². The number of pyridine rings is 1. The van der Waals surface area contributed by atoms with Gasteiger partial charge in [-0.25, -0.2) is 23.5 Å². The number of hydrogen-bond donors (Lipinski definition) is 3. The molecule has 0 aliphatic heterocycles. The first kappa shape index (κ1) is 18.4. The van der Waals surface area contributed by atoms with Gasteiger partial charge in [0.1, 0.15) is 17.5 Å². The van der Waals surface area contributed by atoms with Gasteiger partial charge < -0.3 is 11.1 Å². The second kappa shape index (κ2) is 6.75. The molecule has 4 N–H and O–H groups in total. The third-order valence-corrected chi connectivity index (χ3v) is 3.48. The number of hydrogen-bond acceptors (Lipinski definition) is 5. The molecule has 0 aliphatic rings. The van der Waals surface area contributed by atoms with Crippen LogP contribution in [0.3, 0.4) is 0 Å². The molecule has 0 atom stereocenters. The monoisotopic (exact) mass is 372 g/mol. The highest BCUT2D eigenvalue weighted by molar-refractivity contribution is 5.96. The lowest BCUT2D eigenvalue weighted by Gasteiger charge is -2.21. The van der Waals surface area contributed by atoms with E-state index in [2.05, 4.69) is 25.6 Å². The van der Waals surface area contributed by atoms with E-state index < -0.39 is 23.2 Å². The van der Waals surface area contributed by atoms with Crippen molar-refractivity contribution in [1.29, 1.82) is 0 Å². The number of rotatable bonds is 2. The molecule has 0 aliphatic carbocycles. The predicted molar refractivity (Wildman–Crippen MR) is 99.0 cm³/mol. The molecule has 1 aromatic carbocycles. The van der Waals surface area contributed by atoms with E-state index in [0.717, 1.165) is 18.2 Å². The molecular formula is C18H18F2N6O. The van der Waals surface area contributed by atoms with Crippen molar-refractivity contribution in [3.63, 3.8) is 0 Å². The van der Waals surface area contributed by atoms with Crippen LogP contribution in [-0.4, -0.2) is 26.5 Å². The Morgan fingerprint density at radius 1 is 1.07 bits per heavy atom. The van der Waals surface area contributed by atoms with E-state index in [4.69, 9.17) is 5.73 Å². The summed E-state index contributed by atoms with van der Waals surface area (Å²) in [5.74, 6) is -1.38. The highest BCUT2D eigenvalue weighted by Gasteiger charge is 2.18. The first-order chi connectivity index (χ1) is 12.6. The van der Waals surface area contributed by atoms with Crippen LogP contribution in [0.4, 0.5) is 25.3 Å². The second-order valence-electron chi connectivity index (χ2n) is 7.01. The zero-order valence-corrected chi connectivity index (χ0v) is 15.0. The van der Waals surface area contributed by atoms with E-state index in [-0.39, 0.29) is 23.0 Å². The van der Waals surface area contributed by atoms with Crippen molar-refractivity contribution in [2.24, 2.45) is 0 Å². The highest BCUT2D eigenvalue weighted by Crippen LogP contribution is 2.30. The predicted octanol–water partition coefficient (Wildman–Crippen LogP) is 3.47. The van der Waals surface area contributed by atoms with E-state index >= 15 is 0 Å². The average Bonchev–Trinajstić information content (AvgIpc) is 2.51. The molecule has 2 heterocycles. The number of carbonyl (C=O) groups is 1. The van der Waals surface area contributed by atoms with Gasteiger partial charge in [0.2, 0.25) is 5.95 Å². The van der Waals surface area contributed by atoms with Crippen LogP contribution in [0, 0.1) is 11.6 Å². The van der Waals surface area contributed by atoms with Crippen molar-refractivity contribution in [3.8, 4) is 11.1 Å². The summed E-state index contributed by atoms with van der Waals surface area (Å²) in [6, 6.07) is 4.13. The molecule has 0 unspecified atom stereocenters. The molecule has 7 nitrogen and oxygen atoms in total.